The van der Waals surface area contributed by atoms with Gasteiger partial charge in [0.25, 0.3) is 5.56 Å². The monoisotopic (exact) mass is 477 g/mol. The summed E-state index contributed by atoms with van der Waals surface area (Å²) in [4.78, 5) is 30.1. The standard InChI is InChI=1S/C26H24ClN3O2S/c27-20-11-8-12-21(17-20)30-25(32)22-13-4-5-14-23(22)29-26(30)33-16-7-6-15-24(31)28-18-19-9-2-1-3-10-19/h1-5,8-14,17H,6-7,15-16,18H2,(H,28,31). The molecule has 0 bridgehead atoms. The van der Waals surface area contributed by atoms with Crippen molar-refractivity contribution in [3.05, 3.63) is 99.8 Å². The van der Waals surface area contributed by atoms with Gasteiger partial charge in [-0.1, -0.05) is 71.9 Å². The Hall–Kier alpha value is -3.09. The molecule has 33 heavy (non-hydrogen) atoms. The zero-order chi connectivity index (χ0) is 23.0. The molecule has 0 fully saturated rings. The lowest BCUT2D eigenvalue weighted by Crippen LogP contribution is -2.22. The van der Waals surface area contributed by atoms with E-state index in [9.17, 15) is 9.59 Å². The van der Waals surface area contributed by atoms with Gasteiger partial charge in [-0.05, 0) is 48.7 Å². The van der Waals surface area contributed by atoms with Crippen molar-refractivity contribution >= 4 is 40.2 Å². The predicted molar refractivity (Wildman–Crippen MR) is 135 cm³/mol. The van der Waals surface area contributed by atoms with Crippen molar-refractivity contribution in [2.45, 2.75) is 31.0 Å². The molecular formula is C26H24ClN3O2S. The maximum atomic E-state index is 13.2. The average Bonchev–Trinajstić information content (AvgIpc) is 2.83. The summed E-state index contributed by atoms with van der Waals surface area (Å²) in [6.45, 7) is 0.543. The molecule has 1 N–H and O–H groups in total. The van der Waals surface area contributed by atoms with Crippen LogP contribution in [0.1, 0.15) is 24.8 Å². The number of aromatic nitrogens is 2. The van der Waals surface area contributed by atoms with Gasteiger partial charge in [0.15, 0.2) is 5.16 Å². The quantitative estimate of drug-likeness (QED) is 0.193. The normalized spacial score (nSPS) is 10.9. The smallest absolute Gasteiger partial charge is 0.266 e. The first kappa shape index (κ1) is 23.1. The number of unbranched alkanes of at least 4 members (excludes halogenated alkanes) is 1. The van der Waals surface area contributed by atoms with E-state index in [1.807, 2.05) is 60.7 Å². The zero-order valence-corrected chi connectivity index (χ0v) is 19.6. The first-order valence-electron chi connectivity index (χ1n) is 10.8. The number of carbonyl (C=O) groups excluding carboxylic acids is 1. The van der Waals surface area contributed by atoms with Gasteiger partial charge in [0.05, 0.1) is 16.6 Å². The number of amides is 1. The molecule has 5 nitrogen and oxygen atoms in total. The molecule has 0 unspecified atom stereocenters. The Morgan fingerprint density at radius 1 is 0.970 bits per heavy atom. The number of nitrogens with one attached hydrogen (secondary N) is 1. The Morgan fingerprint density at radius 2 is 1.76 bits per heavy atom. The van der Waals surface area contributed by atoms with Crippen LogP contribution in [0.4, 0.5) is 0 Å². The largest absolute Gasteiger partial charge is 0.352 e. The molecule has 0 saturated carbocycles. The fourth-order valence-electron chi connectivity index (χ4n) is 3.49. The minimum Gasteiger partial charge on any atom is -0.352 e. The summed E-state index contributed by atoms with van der Waals surface area (Å²) in [5.74, 6) is 0.792. The van der Waals surface area contributed by atoms with E-state index in [1.54, 1.807) is 22.8 Å². The fraction of sp³-hybridized carbons (Fsp3) is 0.192. The van der Waals surface area contributed by atoms with Crippen LogP contribution in [0, 0.1) is 0 Å². The number of halogens is 1. The lowest BCUT2D eigenvalue weighted by Gasteiger charge is -2.13. The molecule has 3 aromatic carbocycles. The third-order valence-corrected chi connectivity index (χ3v) is 6.43. The number of para-hydroxylation sites is 1. The van der Waals surface area contributed by atoms with Crippen LogP contribution in [0.15, 0.2) is 88.8 Å². The number of hydrogen-bond acceptors (Lipinski definition) is 4. The third kappa shape index (κ3) is 6.03. The summed E-state index contributed by atoms with van der Waals surface area (Å²) in [7, 11) is 0. The van der Waals surface area contributed by atoms with Crippen LogP contribution in [0.25, 0.3) is 16.6 Å². The molecule has 1 amide bonds. The highest BCUT2D eigenvalue weighted by molar-refractivity contribution is 7.99. The van der Waals surface area contributed by atoms with E-state index in [0.29, 0.717) is 39.7 Å². The van der Waals surface area contributed by atoms with Gasteiger partial charge in [-0.2, -0.15) is 0 Å². The molecule has 0 saturated heterocycles. The first-order valence-corrected chi connectivity index (χ1v) is 12.2. The highest BCUT2D eigenvalue weighted by Crippen LogP contribution is 2.24. The van der Waals surface area contributed by atoms with Gasteiger partial charge >= 0.3 is 0 Å². The number of thioether (sulfide) groups is 1. The molecule has 0 spiro atoms. The Morgan fingerprint density at radius 3 is 2.58 bits per heavy atom. The van der Waals surface area contributed by atoms with Gasteiger partial charge in [0.2, 0.25) is 5.91 Å². The number of fused-ring (bicyclic) bond motifs is 1. The van der Waals surface area contributed by atoms with Gasteiger partial charge in [0.1, 0.15) is 0 Å². The van der Waals surface area contributed by atoms with Gasteiger partial charge in [-0.25, -0.2) is 4.98 Å². The van der Waals surface area contributed by atoms with Crippen molar-refractivity contribution in [2.24, 2.45) is 0 Å². The molecule has 0 atom stereocenters. The summed E-state index contributed by atoms with van der Waals surface area (Å²) < 4.78 is 1.62. The number of carbonyl (C=O) groups is 1. The molecule has 0 radical (unpaired) electrons. The summed E-state index contributed by atoms with van der Waals surface area (Å²) in [6, 6.07) is 24.4. The maximum absolute atomic E-state index is 13.2. The van der Waals surface area contributed by atoms with Crippen molar-refractivity contribution in [1.29, 1.82) is 0 Å². The molecule has 1 heterocycles. The van der Waals surface area contributed by atoms with Crippen LogP contribution in [-0.4, -0.2) is 21.2 Å². The maximum Gasteiger partial charge on any atom is 0.266 e. The third-order valence-electron chi connectivity index (χ3n) is 5.17. The lowest BCUT2D eigenvalue weighted by molar-refractivity contribution is -0.121. The van der Waals surface area contributed by atoms with E-state index in [0.717, 1.165) is 24.2 Å². The molecule has 0 aliphatic rings. The number of benzene rings is 3. The molecular weight excluding hydrogens is 454 g/mol. The average molecular weight is 478 g/mol. The van der Waals surface area contributed by atoms with Gasteiger partial charge < -0.3 is 5.32 Å². The van der Waals surface area contributed by atoms with E-state index in [4.69, 9.17) is 16.6 Å². The molecule has 7 heteroatoms. The van der Waals surface area contributed by atoms with Crippen LogP contribution < -0.4 is 10.9 Å². The number of nitrogens with zero attached hydrogens (tertiary/aromatic N) is 2. The van der Waals surface area contributed by atoms with Crippen molar-refractivity contribution < 1.29 is 4.79 Å². The molecule has 168 valence electrons. The molecule has 4 aromatic rings. The summed E-state index contributed by atoms with van der Waals surface area (Å²) in [5, 5.41) is 4.70. The first-order chi connectivity index (χ1) is 16.1. The van der Waals surface area contributed by atoms with Crippen LogP contribution in [0.5, 0.6) is 0 Å². The number of hydrogen-bond donors (Lipinski definition) is 1. The summed E-state index contributed by atoms with van der Waals surface area (Å²) >= 11 is 7.69. The predicted octanol–water partition coefficient (Wildman–Crippen LogP) is 5.62. The highest BCUT2D eigenvalue weighted by atomic mass is 35.5. The van der Waals surface area contributed by atoms with Crippen LogP contribution in [0.3, 0.4) is 0 Å². The van der Waals surface area contributed by atoms with E-state index in [2.05, 4.69) is 5.32 Å². The van der Waals surface area contributed by atoms with E-state index >= 15 is 0 Å². The van der Waals surface area contributed by atoms with E-state index in [1.165, 1.54) is 11.8 Å². The molecule has 0 aliphatic carbocycles. The second-order valence-corrected chi connectivity index (χ2v) is 9.10. The van der Waals surface area contributed by atoms with Crippen LogP contribution in [0.2, 0.25) is 5.02 Å². The fourth-order valence-corrected chi connectivity index (χ4v) is 4.68. The van der Waals surface area contributed by atoms with Crippen LogP contribution >= 0.6 is 23.4 Å². The summed E-state index contributed by atoms with van der Waals surface area (Å²) in [5.41, 5.74) is 2.32. The molecule has 4 rings (SSSR count). The Kier molecular flexibility index (Phi) is 7.81. The lowest BCUT2D eigenvalue weighted by atomic mass is 10.2. The van der Waals surface area contributed by atoms with Crippen molar-refractivity contribution in [2.75, 3.05) is 5.75 Å². The van der Waals surface area contributed by atoms with Gasteiger partial charge in [-0.3, -0.25) is 14.2 Å². The highest BCUT2D eigenvalue weighted by Gasteiger charge is 2.13. The zero-order valence-electron chi connectivity index (χ0n) is 18.0. The van der Waals surface area contributed by atoms with E-state index < -0.39 is 0 Å². The SMILES string of the molecule is O=C(CCCCSc1nc2ccccc2c(=O)n1-c1cccc(Cl)c1)NCc1ccccc1. The Balaban J connectivity index is 1.39. The summed E-state index contributed by atoms with van der Waals surface area (Å²) in [6.07, 6.45) is 2.07. The number of rotatable bonds is 9. The second kappa shape index (κ2) is 11.2. The second-order valence-electron chi connectivity index (χ2n) is 7.60. The Labute approximate surface area is 201 Å². The Bertz CT molecular complexity index is 1310. The molecule has 1 aromatic heterocycles. The van der Waals surface area contributed by atoms with Crippen molar-refractivity contribution in [3.63, 3.8) is 0 Å². The van der Waals surface area contributed by atoms with Crippen LogP contribution in [-0.2, 0) is 11.3 Å². The van der Waals surface area contributed by atoms with Crippen molar-refractivity contribution in [1.82, 2.24) is 14.9 Å². The van der Waals surface area contributed by atoms with E-state index in [-0.39, 0.29) is 11.5 Å². The molecule has 0 aliphatic heterocycles. The topological polar surface area (TPSA) is 64.0 Å². The van der Waals surface area contributed by atoms with Gasteiger partial charge in [-0.15, -0.1) is 0 Å². The van der Waals surface area contributed by atoms with Crippen molar-refractivity contribution in [3.8, 4) is 5.69 Å². The minimum absolute atomic E-state index is 0.0449. The minimum atomic E-state index is -0.120. The van der Waals surface area contributed by atoms with Gasteiger partial charge in [0, 0.05) is 23.7 Å².